The van der Waals surface area contributed by atoms with Crippen LogP contribution in [0.2, 0.25) is 0 Å². The molecule has 5 unspecified atom stereocenters. The second-order valence-corrected chi connectivity index (χ2v) is 23.4. The van der Waals surface area contributed by atoms with E-state index in [1.54, 1.807) is 51.1 Å². The van der Waals surface area contributed by atoms with Crippen LogP contribution in [-0.4, -0.2) is 148 Å². The number of benzene rings is 2. The molecule has 0 spiro atoms. The van der Waals surface area contributed by atoms with Crippen molar-refractivity contribution in [1.29, 1.82) is 0 Å². The van der Waals surface area contributed by atoms with E-state index in [2.05, 4.69) is 82.5 Å². The van der Waals surface area contributed by atoms with Crippen LogP contribution in [0.4, 0.5) is 0 Å². The van der Waals surface area contributed by atoms with Crippen molar-refractivity contribution in [1.82, 2.24) is 71.2 Å². The summed E-state index contributed by atoms with van der Waals surface area (Å²) in [6, 6.07) is 23.7. The highest BCUT2D eigenvalue weighted by molar-refractivity contribution is 5.98. The lowest BCUT2D eigenvalue weighted by molar-refractivity contribution is -0.130. The van der Waals surface area contributed by atoms with Gasteiger partial charge < -0.3 is 40.4 Å². The topological polar surface area (TPSA) is 272 Å². The van der Waals surface area contributed by atoms with Crippen LogP contribution in [-0.2, 0) is 24.2 Å². The molecule has 5 aromatic heterocycles. The minimum atomic E-state index is -0.459. The van der Waals surface area contributed by atoms with Crippen molar-refractivity contribution in [2.75, 3.05) is 39.3 Å². The number of pyridine rings is 1. The summed E-state index contributed by atoms with van der Waals surface area (Å²) in [5, 5.41) is 32.2. The molecule has 21 heteroatoms. The fourth-order valence-electron chi connectivity index (χ4n) is 10.9. The van der Waals surface area contributed by atoms with Crippen molar-refractivity contribution in [3.05, 3.63) is 147 Å². The minimum Gasteiger partial charge on any atom is -0.488 e. The molecular weight excluding hydrogens is 1040 g/mol. The highest BCUT2D eigenvalue weighted by Gasteiger charge is 2.35. The summed E-state index contributed by atoms with van der Waals surface area (Å²) in [6.07, 6.45) is 5.84. The number of likely N-dealkylation sites (tertiary alicyclic amines) is 3. The molecule has 0 aliphatic carbocycles. The number of carbonyl (C=O) groups excluding carboxylic acids is 6. The Kier molecular flexibility index (Phi) is 16.7. The van der Waals surface area contributed by atoms with Gasteiger partial charge in [0.05, 0.1) is 5.56 Å². The molecule has 7 aromatic rings. The largest absolute Gasteiger partial charge is 0.488 e. The number of aromatic nitrogens is 8. The van der Waals surface area contributed by atoms with Gasteiger partial charge in [-0.15, -0.1) is 0 Å². The van der Waals surface area contributed by atoms with Gasteiger partial charge in [-0.05, 0) is 104 Å². The molecule has 3 fully saturated rings. The highest BCUT2D eigenvalue weighted by atomic mass is 16.5. The zero-order chi connectivity index (χ0) is 57.8. The van der Waals surface area contributed by atoms with E-state index in [-0.39, 0.29) is 83.6 Å². The first-order chi connectivity index (χ1) is 39.4. The molecule has 8 heterocycles. The number of fused-ring (bicyclic) bond motifs is 1. The Labute approximate surface area is 476 Å². The summed E-state index contributed by atoms with van der Waals surface area (Å²) in [5.41, 5.74) is 7.39. The molecule has 3 aliphatic heterocycles. The Balaban J connectivity index is 0.668. The first kappa shape index (κ1) is 56.6. The van der Waals surface area contributed by atoms with Crippen molar-refractivity contribution in [3.8, 4) is 5.75 Å². The molecule has 10 rings (SSSR count). The Morgan fingerprint density at radius 1 is 0.622 bits per heavy atom. The summed E-state index contributed by atoms with van der Waals surface area (Å²) in [6.45, 7) is 17.0. The van der Waals surface area contributed by atoms with Gasteiger partial charge in [0, 0.05) is 103 Å². The van der Waals surface area contributed by atoms with Crippen LogP contribution in [0.1, 0.15) is 178 Å². The van der Waals surface area contributed by atoms with Crippen molar-refractivity contribution in [3.63, 3.8) is 0 Å². The molecule has 3 saturated heterocycles. The smallest absolute Gasteiger partial charge is 0.274 e. The molecular formula is C61H74N14O7. The van der Waals surface area contributed by atoms with E-state index in [1.165, 1.54) is 0 Å². The SMILES string of the molecule is CCC(C)(C)C(=O)NC1CCN(C(=O)c2cc(C(C)Cc3cccc(COc4ccccc4C(=O)NC4CCN(C(=O)c5cc(C(C)Cc6c[nH]c7nc(C(=O)NC8CCN(C(=O)c9cc(C(C)C)[nH]n9)C8)ccc67)[nH]n5)C4)c3)[nH]n2)C1. The van der Waals surface area contributed by atoms with E-state index in [1.807, 2.05) is 71.1 Å². The summed E-state index contributed by atoms with van der Waals surface area (Å²) < 4.78 is 6.28. The number of nitrogens with zero attached hydrogens (tertiary/aromatic N) is 7. The quantitative estimate of drug-likeness (QED) is 0.0402. The number of nitrogens with one attached hydrogen (secondary N) is 7. The first-order valence-corrected chi connectivity index (χ1v) is 28.6. The molecule has 82 heavy (non-hydrogen) atoms. The zero-order valence-electron chi connectivity index (χ0n) is 47.7. The van der Waals surface area contributed by atoms with E-state index in [0.29, 0.717) is 105 Å². The van der Waals surface area contributed by atoms with E-state index < -0.39 is 5.41 Å². The predicted octanol–water partition coefficient (Wildman–Crippen LogP) is 7.18. The minimum absolute atomic E-state index is 0.00517. The average Bonchev–Trinajstić information content (AvgIpc) is 4.43. The van der Waals surface area contributed by atoms with Crippen LogP contribution in [0.3, 0.4) is 0 Å². The molecule has 3 aliphatic rings. The normalized spacial score (nSPS) is 18.0. The third kappa shape index (κ3) is 12.8. The Morgan fingerprint density at radius 2 is 1.16 bits per heavy atom. The maximum Gasteiger partial charge on any atom is 0.274 e. The van der Waals surface area contributed by atoms with Gasteiger partial charge in [-0.2, -0.15) is 15.3 Å². The standard InChI is InChI=1S/C61H74N14O7/c1-8-61(6,7)60(81)65-43-20-23-75(33-43)59(80)51-28-48(68-71-51)36(4)24-38-12-11-13-39(26-38)34-82-53-15-10-9-14-45(53)55(76)63-41-18-21-73(31-41)58(79)52-29-49(69-72-52)37(5)25-40-30-62-54-44(40)16-17-46(66-54)56(77)64-42-19-22-74(32-42)57(78)50-27-47(35(2)3)67-70-50/h9-17,26-30,35-37,41-43H,8,18-25,31-34H2,1-7H3,(H,62,66)(H,63,76)(H,64,77)(H,65,81)(H,67,70)(H,68,71)(H,69,72). The number of amides is 6. The summed E-state index contributed by atoms with van der Waals surface area (Å²) in [7, 11) is 0. The van der Waals surface area contributed by atoms with Gasteiger partial charge in [0.1, 0.15) is 40.8 Å². The molecule has 430 valence electrons. The van der Waals surface area contributed by atoms with Gasteiger partial charge in [-0.3, -0.25) is 44.1 Å². The van der Waals surface area contributed by atoms with E-state index in [0.717, 1.165) is 45.6 Å². The molecule has 2 aromatic carbocycles. The van der Waals surface area contributed by atoms with Crippen molar-refractivity contribution in [2.45, 2.75) is 129 Å². The van der Waals surface area contributed by atoms with Crippen LogP contribution in [0.25, 0.3) is 11.0 Å². The summed E-state index contributed by atoms with van der Waals surface area (Å²) in [4.78, 5) is 93.1. The van der Waals surface area contributed by atoms with Gasteiger partial charge in [0.25, 0.3) is 29.5 Å². The summed E-state index contributed by atoms with van der Waals surface area (Å²) >= 11 is 0. The van der Waals surface area contributed by atoms with Crippen LogP contribution in [0, 0.1) is 5.41 Å². The zero-order valence-corrected chi connectivity index (χ0v) is 47.7. The van der Waals surface area contributed by atoms with Crippen molar-refractivity contribution < 1.29 is 33.5 Å². The van der Waals surface area contributed by atoms with Gasteiger partial charge >= 0.3 is 0 Å². The molecule has 0 bridgehead atoms. The van der Waals surface area contributed by atoms with Crippen molar-refractivity contribution in [2.24, 2.45) is 5.41 Å². The fourth-order valence-corrected chi connectivity index (χ4v) is 10.9. The number of H-pyrrole nitrogens is 4. The lowest BCUT2D eigenvalue weighted by Gasteiger charge is -2.24. The second kappa shape index (κ2) is 24.2. The van der Waals surface area contributed by atoms with Crippen LogP contribution in [0.15, 0.2) is 85.1 Å². The Bertz CT molecular complexity index is 3480. The number of para-hydroxylation sites is 1. The van der Waals surface area contributed by atoms with E-state index in [9.17, 15) is 28.8 Å². The third-order valence-corrected chi connectivity index (χ3v) is 16.5. The maximum atomic E-state index is 13.8. The van der Waals surface area contributed by atoms with Gasteiger partial charge in [0.15, 0.2) is 0 Å². The van der Waals surface area contributed by atoms with Gasteiger partial charge in [-0.1, -0.05) is 84.9 Å². The molecule has 6 amide bonds. The van der Waals surface area contributed by atoms with Crippen LogP contribution >= 0.6 is 0 Å². The van der Waals surface area contributed by atoms with Crippen LogP contribution in [0.5, 0.6) is 5.75 Å². The average molecular weight is 1120 g/mol. The van der Waals surface area contributed by atoms with Gasteiger partial charge in [-0.25, -0.2) is 4.98 Å². The monoisotopic (exact) mass is 1110 g/mol. The Morgan fingerprint density at radius 3 is 1.74 bits per heavy atom. The van der Waals surface area contributed by atoms with Crippen LogP contribution < -0.4 is 20.7 Å². The maximum absolute atomic E-state index is 13.8. The lowest BCUT2D eigenvalue weighted by atomic mass is 9.89. The predicted molar refractivity (Wildman–Crippen MR) is 307 cm³/mol. The molecule has 21 nitrogen and oxygen atoms in total. The van der Waals surface area contributed by atoms with E-state index in [4.69, 9.17) is 4.74 Å². The van der Waals surface area contributed by atoms with Crippen molar-refractivity contribution >= 4 is 46.5 Å². The number of rotatable bonds is 20. The number of carbonyl (C=O) groups is 6. The van der Waals surface area contributed by atoms with Gasteiger partial charge in [0.2, 0.25) is 5.91 Å². The summed E-state index contributed by atoms with van der Waals surface area (Å²) in [5.74, 6) is -0.469. The Hall–Kier alpha value is -8.62. The molecule has 5 atom stereocenters. The third-order valence-electron chi connectivity index (χ3n) is 16.5. The highest BCUT2D eigenvalue weighted by Crippen LogP contribution is 2.29. The fraction of sp³-hybridized carbons (Fsp3) is 0.443. The second-order valence-electron chi connectivity index (χ2n) is 23.4. The molecule has 0 radical (unpaired) electrons. The number of ether oxygens (including phenoxy) is 1. The van der Waals surface area contributed by atoms with E-state index >= 15 is 0 Å². The lowest BCUT2D eigenvalue weighted by Crippen LogP contribution is -2.44. The molecule has 0 saturated carbocycles. The first-order valence-electron chi connectivity index (χ1n) is 28.6. The number of aromatic amines is 4. The molecule has 7 N–H and O–H groups in total. The number of hydrogen-bond donors (Lipinski definition) is 7. The number of hydrogen-bond acceptors (Lipinski definition) is 11.